The summed E-state index contributed by atoms with van der Waals surface area (Å²) in [6, 6.07) is 13.0. The number of ether oxygens (including phenoxy) is 2. The van der Waals surface area contributed by atoms with Crippen molar-refractivity contribution in [2.24, 2.45) is 0 Å². The van der Waals surface area contributed by atoms with E-state index in [9.17, 15) is 9.18 Å². The Hall–Kier alpha value is -3.94. The van der Waals surface area contributed by atoms with Gasteiger partial charge in [-0.15, -0.1) is 0 Å². The Labute approximate surface area is 171 Å². The van der Waals surface area contributed by atoms with Crippen molar-refractivity contribution in [3.05, 3.63) is 71.3 Å². The number of hydrogen-bond acceptors (Lipinski definition) is 5. The third-order valence-corrected chi connectivity index (χ3v) is 4.87. The first-order valence-corrected chi connectivity index (χ1v) is 9.33. The molecule has 0 spiro atoms. The van der Waals surface area contributed by atoms with Gasteiger partial charge in [-0.05, 0) is 50.2 Å². The van der Waals surface area contributed by atoms with Crippen LogP contribution in [0.25, 0.3) is 16.7 Å². The molecule has 2 aromatic heterocycles. The highest BCUT2D eigenvalue weighted by Crippen LogP contribution is 2.34. The molecular weight excluding hydrogens is 387 g/mol. The smallest absolute Gasteiger partial charge is 0.256 e. The van der Waals surface area contributed by atoms with Crippen LogP contribution < -0.4 is 14.8 Å². The second kappa shape index (κ2) is 6.84. The molecule has 1 N–H and O–H groups in total. The number of aryl methyl sites for hydroxylation is 2. The van der Waals surface area contributed by atoms with E-state index in [1.165, 1.54) is 12.1 Å². The highest BCUT2D eigenvalue weighted by molar-refractivity contribution is 6.12. The average molecular weight is 404 g/mol. The van der Waals surface area contributed by atoms with Crippen LogP contribution in [0.5, 0.6) is 11.5 Å². The molecule has 0 fully saturated rings. The summed E-state index contributed by atoms with van der Waals surface area (Å²) in [5, 5.41) is 8.02. The van der Waals surface area contributed by atoms with Gasteiger partial charge in [0.15, 0.2) is 17.1 Å². The second-order valence-corrected chi connectivity index (χ2v) is 7.01. The number of fused-ring (bicyclic) bond motifs is 2. The first-order valence-electron chi connectivity index (χ1n) is 9.33. The highest BCUT2D eigenvalue weighted by atomic mass is 19.1. The minimum atomic E-state index is -0.373. The number of amides is 1. The van der Waals surface area contributed by atoms with Gasteiger partial charge in [0.2, 0.25) is 6.79 Å². The molecule has 8 heteroatoms. The molecule has 0 saturated heterocycles. The molecule has 0 saturated carbocycles. The van der Waals surface area contributed by atoms with Crippen LogP contribution in [0.4, 0.5) is 10.1 Å². The molecule has 0 radical (unpaired) electrons. The van der Waals surface area contributed by atoms with Crippen LogP contribution in [0.1, 0.15) is 21.7 Å². The minimum absolute atomic E-state index is 0.162. The van der Waals surface area contributed by atoms with Crippen molar-refractivity contribution < 1.29 is 18.7 Å². The van der Waals surface area contributed by atoms with E-state index in [4.69, 9.17) is 9.47 Å². The van der Waals surface area contributed by atoms with Gasteiger partial charge in [0.25, 0.3) is 5.91 Å². The maximum absolute atomic E-state index is 13.7. The van der Waals surface area contributed by atoms with Crippen LogP contribution in [0.15, 0.2) is 48.5 Å². The summed E-state index contributed by atoms with van der Waals surface area (Å²) in [4.78, 5) is 17.7. The number of aromatic nitrogens is 3. The zero-order chi connectivity index (χ0) is 20.8. The summed E-state index contributed by atoms with van der Waals surface area (Å²) in [7, 11) is 0. The summed E-state index contributed by atoms with van der Waals surface area (Å²) in [6.07, 6.45) is 0. The lowest BCUT2D eigenvalue weighted by Crippen LogP contribution is -2.13. The van der Waals surface area contributed by atoms with Gasteiger partial charge in [0, 0.05) is 17.4 Å². The average Bonchev–Trinajstić information content (AvgIpc) is 3.31. The third kappa shape index (κ3) is 3.02. The molecule has 1 amide bonds. The fraction of sp³-hybridized carbons (Fsp3) is 0.136. The maximum Gasteiger partial charge on any atom is 0.256 e. The molecule has 0 atom stereocenters. The fourth-order valence-electron chi connectivity index (χ4n) is 3.55. The summed E-state index contributed by atoms with van der Waals surface area (Å²) in [6.45, 7) is 3.76. The number of carbonyl (C=O) groups excluding carboxylic acids is 1. The van der Waals surface area contributed by atoms with Gasteiger partial charge in [-0.2, -0.15) is 5.10 Å². The summed E-state index contributed by atoms with van der Waals surface area (Å²) in [5.41, 5.74) is 3.33. The van der Waals surface area contributed by atoms with Crippen LogP contribution in [-0.2, 0) is 0 Å². The molecule has 3 heterocycles. The van der Waals surface area contributed by atoms with Gasteiger partial charge in [-0.3, -0.25) is 4.79 Å². The number of nitrogens with zero attached hydrogens (tertiary/aromatic N) is 3. The first-order chi connectivity index (χ1) is 14.5. The van der Waals surface area contributed by atoms with Crippen molar-refractivity contribution in [3.8, 4) is 17.2 Å². The molecule has 0 bridgehead atoms. The Kier molecular flexibility index (Phi) is 4.13. The maximum atomic E-state index is 13.7. The van der Waals surface area contributed by atoms with Crippen LogP contribution in [-0.4, -0.2) is 27.5 Å². The largest absolute Gasteiger partial charge is 0.454 e. The van der Waals surface area contributed by atoms with Gasteiger partial charge in [0.05, 0.1) is 22.3 Å². The van der Waals surface area contributed by atoms with Gasteiger partial charge in [-0.25, -0.2) is 14.1 Å². The number of anilines is 1. The van der Waals surface area contributed by atoms with Crippen molar-refractivity contribution >= 4 is 22.6 Å². The molecule has 5 rings (SSSR count). The van der Waals surface area contributed by atoms with Crippen LogP contribution >= 0.6 is 0 Å². The van der Waals surface area contributed by atoms with E-state index in [1.54, 1.807) is 54.9 Å². The minimum Gasteiger partial charge on any atom is -0.454 e. The molecule has 7 nitrogen and oxygen atoms in total. The topological polar surface area (TPSA) is 78.3 Å². The number of pyridine rings is 1. The number of carbonyl (C=O) groups is 1. The van der Waals surface area contributed by atoms with E-state index in [2.05, 4.69) is 15.4 Å². The number of hydrogen-bond donors (Lipinski definition) is 1. The molecule has 150 valence electrons. The van der Waals surface area contributed by atoms with Crippen LogP contribution in [0, 0.1) is 19.7 Å². The van der Waals surface area contributed by atoms with Gasteiger partial charge < -0.3 is 14.8 Å². The lowest BCUT2D eigenvalue weighted by Gasteiger charge is -2.09. The van der Waals surface area contributed by atoms with E-state index in [-0.39, 0.29) is 18.5 Å². The molecule has 0 unspecified atom stereocenters. The van der Waals surface area contributed by atoms with Crippen molar-refractivity contribution in [1.29, 1.82) is 0 Å². The Morgan fingerprint density at radius 3 is 2.77 bits per heavy atom. The predicted octanol–water partition coefficient (Wildman–Crippen LogP) is 4.16. The monoisotopic (exact) mass is 404 g/mol. The van der Waals surface area contributed by atoms with Crippen LogP contribution in [0.3, 0.4) is 0 Å². The Balaban J connectivity index is 1.58. The molecule has 0 aliphatic carbocycles. The number of rotatable bonds is 3. The van der Waals surface area contributed by atoms with Gasteiger partial charge in [-0.1, -0.05) is 6.07 Å². The first kappa shape index (κ1) is 18.1. The zero-order valence-corrected chi connectivity index (χ0v) is 16.3. The number of benzene rings is 2. The van der Waals surface area contributed by atoms with Crippen LogP contribution in [0.2, 0.25) is 0 Å². The highest BCUT2D eigenvalue weighted by Gasteiger charge is 2.21. The van der Waals surface area contributed by atoms with Gasteiger partial charge >= 0.3 is 0 Å². The molecule has 30 heavy (non-hydrogen) atoms. The standard InChI is InChI=1S/C22H17FN4O3/c1-12-8-17(22(28)25-15-6-7-18-19(10-15)30-11-29-18)20-13(2)26-27(21(20)24-12)16-5-3-4-14(23)9-16/h3-10H,11H2,1-2H3,(H,25,28). The zero-order valence-electron chi connectivity index (χ0n) is 16.3. The SMILES string of the molecule is Cc1cc(C(=O)Nc2ccc3c(c2)OCO3)c2c(C)nn(-c3cccc(F)c3)c2n1. The molecule has 2 aromatic carbocycles. The molecule has 1 aliphatic rings. The quantitative estimate of drug-likeness (QED) is 0.555. The van der Waals surface area contributed by atoms with E-state index < -0.39 is 0 Å². The molecule has 4 aromatic rings. The lowest BCUT2D eigenvalue weighted by atomic mass is 10.1. The Morgan fingerprint density at radius 1 is 1.10 bits per heavy atom. The van der Waals surface area contributed by atoms with Gasteiger partial charge in [0.1, 0.15) is 5.82 Å². The van der Waals surface area contributed by atoms with E-state index in [1.807, 2.05) is 0 Å². The van der Waals surface area contributed by atoms with E-state index in [0.717, 1.165) is 0 Å². The summed E-state index contributed by atoms with van der Waals surface area (Å²) >= 11 is 0. The third-order valence-electron chi connectivity index (χ3n) is 4.87. The second-order valence-electron chi connectivity index (χ2n) is 7.01. The van der Waals surface area contributed by atoms with Crippen molar-refractivity contribution in [2.45, 2.75) is 13.8 Å². The summed E-state index contributed by atoms with van der Waals surface area (Å²) in [5.74, 6) is 0.551. The molecule has 1 aliphatic heterocycles. The normalized spacial score (nSPS) is 12.4. The van der Waals surface area contributed by atoms with E-state index >= 15 is 0 Å². The lowest BCUT2D eigenvalue weighted by molar-refractivity contribution is 0.102. The Bertz CT molecular complexity index is 1320. The predicted molar refractivity (Wildman–Crippen MR) is 109 cm³/mol. The number of halogens is 1. The Morgan fingerprint density at radius 2 is 1.93 bits per heavy atom. The summed E-state index contributed by atoms with van der Waals surface area (Å²) < 4.78 is 26.0. The van der Waals surface area contributed by atoms with Crippen molar-refractivity contribution in [2.75, 3.05) is 12.1 Å². The number of nitrogens with one attached hydrogen (secondary N) is 1. The van der Waals surface area contributed by atoms with Crippen molar-refractivity contribution in [3.63, 3.8) is 0 Å². The molecular formula is C22H17FN4O3. The fourth-order valence-corrected chi connectivity index (χ4v) is 3.55. The van der Waals surface area contributed by atoms with E-state index in [0.29, 0.717) is 50.9 Å². The van der Waals surface area contributed by atoms with Crippen molar-refractivity contribution in [1.82, 2.24) is 14.8 Å².